The number of rotatable bonds is 8. The summed E-state index contributed by atoms with van der Waals surface area (Å²) in [7, 11) is 3.70. The molecule has 0 aliphatic heterocycles. The van der Waals surface area contributed by atoms with Gasteiger partial charge in [-0.15, -0.1) is 11.3 Å². The van der Waals surface area contributed by atoms with Gasteiger partial charge in [-0.05, 0) is 73.0 Å². The number of ether oxygens (including phenoxy) is 1. The van der Waals surface area contributed by atoms with Gasteiger partial charge in [0.2, 0.25) is 0 Å². The van der Waals surface area contributed by atoms with E-state index in [9.17, 15) is 9.90 Å². The molecular formula is C27H32N2O3S. The first-order chi connectivity index (χ1) is 16.1. The molecule has 2 N–H and O–H groups in total. The molecule has 3 aromatic rings. The van der Waals surface area contributed by atoms with Crippen molar-refractivity contribution in [2.75, 3.05) is 14.2 Å². The average Bonchev–Trinajstić information content (AvgIpc) is 3.42. The standard InChI is InChI=1S/C27H32N2O3S/c1-28-23-10-12-24(13-11-23)29(27(31)26-4-3-15-33-26)17-22-16-21(9-14-25(22)32-2)20-7-5-19(18-30)6-8-20/h3-9,14-16,23-24,28,30H,10-13,17-18H2,1-2H3. The number of hydrogen-bond donors (Lipinski definition) is 2. The lowest BCUT2D eigenvalue weighted by molar-refractivity contribution is 0.0604. The lowest BCUT2D eigenvalue weighted by Gasteiger charge is -2.37. The summed E-state index contributed by atoms with van der Waals surface area (Å²) in [6.07, 6.45) is 4.13. The summed E-state index contributed by atoms with van der Waals surface area (Å²) in [6.45, 7) is 0.543. The molecule has 174 valence electrons. The lowest BCUT2D eigenvalue weighted by atomic mass is 9.89. The molecule has 1 fully saturated rings. The first-order valence-corrected chi connectivity index (χ1v) is 12.4. The lowest BCUT2D eigenvalue weighted by Crippen LogP contribution is -2.44. The highest BCUT2D eigenvalue weighted by molar-refractivity contribution is 7.12. The van der Waals surface area contributed by atoms with Crippen LogP contribution in [0.25, 0.3) is 11.1 Å². The molecule has 1 amide bonds. The number of amides is 1. The van der Waals surface area contributed by atoms with Gasteiger partial charge in [0.25, 0.3) is 5.91 Å². The van der Waals surface area contributed by atoms with Gasteiger partial charge in [0, 0.05) is 24.2 Å². The summed E-state index contributed by atoms with van der Waals surface area (Å²) in [5.74, 6) is 0.885. The van der Waals surface area contributed by atoms with Crippen molar-refractivity contribution in [1.29, 1.82) is 0 Å². The molecule has 0 unspecified atom stereocenters. The van der Waals surface area contributed by atoms with Crippen LogP contribution in [0.1, 0.15) is 46.5 Å². The predicted molar refractivity (Wildman–Crippen MR) is 134 cm³/mol. The van der Waals surface area contributed by atoms with Crippen molar-refractivity contribution in [2.24, 2.45) is 0 Å². The Kier molecular flexibility index (Phi) is 7.81. The molecule has 33 heavy (non-hydrogen) atoms. The van der Waals surface area contributed by atoms with Gasteiger partial charge in [0.05, 0.1) is 18.6 Å². The van der Waals surface area contributed by atoms with Crippen LogP contribution in [0.4, 0.5) is 0 Å². The van der Waals surface area contributed by atoms with Crippen molar-refractivity contribution >= 4 is 17.2 Å². The zero-order valence-corrected chi connectivity index (χ0v) is 20.1. The van der Waals surface area contributed by atoms with Crippen LogP contribution >= 0.6 is 11.3 Å². The number of nitrogens with one attached hydrogen (secondary N) is 1. The van der Waals surface area contributed by atoms with Crippen LogP contribution in [0.3, 0.4) is 0 Å². The molecule has 4 rings (SSSR count). The first-order valence-electron chi connectivity index (χ1n) is 11.5. The Morgan fingerprint density at radius 3 is 2.42 bits per heavy atom. The number of carbonyl (C=O) groups excluding carboxylic acids is 1. The Labute approximate surface area is 200 Å². The zero-order chi connectivity index (χ0) is 23.2. The average molecular weight is 465 g/mol. The van der Waals surface area contributed by atoms with E-state index in [0.29, 0.717) is 12.6 Å². The van der Waals surface area contributed by atoms with Crippen LogP contribution in [0.2, 0.25) is 0 Å². The van der Waals surface area contributed by atoms with Crippen molar-refractivity contribution in [2.45, 2.75) is 50.9 Å². The van der Waals surface area contributed by atoms with Crippen LogP contribution in [0.15, 0.2) is 60.0 Å². The first kappa shape index (κ1) is 23.5. The van der Waals surface area contributed by atoms with E-state index in [1.165, 1.54) is 11.3 Å². The highest BCUT2D eigenvalue weighted by Crippen LogP contribution is 2.32. The van der Waals surface area contributed by atoms with Crippen LogP contribution < -0.4 is 10.1 Å². The Bertz CT molecular complexity index is 1040. The van der Waals surface area contributed by atoms with Crippen molar-refractivity contribution < 1.29 is 14.6 Å². The fraction of sp³-hybridized carbons (Fsp3) is 0.370. The molecule has 1 aliphatic carbocycles. The predicted octanol–water partition coefficient (Wildman–Crippen LogP) is 5.09. The molecule has 0 bridgehead atoms. The number of nitrogens with zero attached hydrogens (tertiary/aromatic N) is 1. The molecular weight excluding hydrogens is 432 g/mol. The summed E-state index contributed by atoms with van der Waals surface area (Å²) >= 11 is 1.50. The van der Waals surface area contributed by atoms with Gasteiger partial charge < -0.3 is 20.1 Å². The smallest absolute Gasteiger partial charge is 0.264 e. The highest BCUT2D eigenvalue weighted by Gasteiger charge is 2.30. The molecule has 6 heteroatoms. The Balaban J connectivity index is 1.64. The van der Waals surface area contributed by atoms with E-state index >= 15 is 0 Å². The van der Waals surface area contributed by atoms with Crippen molar-refractivity contribution in [3.8, 4) is 16.9 Å². The molecule has 0 saturated heterocycles. The molecule has 2 aromatic carbocycles. The van der Waals surface area contributed by atoms with Crippen molar-refractivity contribution in [3.05, 3.63) is 76.0 Å². The van der Waals surface area contributed by atoms with Gasteiger partial charge in [-0.25, -0.2) is 0 Å². The third-order valence-corrected chi connectivity index (χ3v) is 7.49. The number of benzene rings is 2. The SMILES string of the molecule is CNC1CCC(N(Cc2cc(-c3ccc(CO)cc3)ccc2OC)C(=O)c2cccs2)CC1. The quantitative estimate of drug-likeness (QED) is 0.488. The molecule has 1 aliphatic rings. The summed E-state index contributed by atoms with van der Waals surface area (Å²) in [5.41, 5.74) is 4.03. The topological polar surface area (TPSA) is 61.8 Å². The van der Waals surface area contributed by atoms with Gasteiger partial charge in [0.1, 0.15) is 5.75 Å². The van der Waals surface area contributed by atoms with Crippen LogP contribution in [0.5, 0.6) is 5.75 Å². The second kappa shape index (κ2) is 11.0. The Morgan fingerprint density at radius 2 is 1.82 bits per heavy atom. The molecule has 0 spiro atoms. The summed E-state index contributed by atoms with van der Waals surface area (Å²) < 4.78 is 5.69. The van der Waals surface area contributed by atoms with E-state index in [4.69, 9.17) is 4.74 Å². The van der Waals surface area contributed by atoms with E-state index in [0.717, 1.165) is 58.6 Å². The summed E-state index contributed by atoms with van der Waals surface area (Å²) in [5, 5.41) is 14.7. The number of methoxy groups -OCH3 is 1. The fourth-order valence-electron chi connectivity index (χ4n) is 4.65. The fourth-order valence-corrected chi connectivity index (χ4v) is 5.33. The monoisotopic (exact) mass is 464 g/mol. The maximum atomic E-state index is 13.5. The molecule has 0 atom stereocenters. The van der Waals surface area contributed by atoms with E-state index in [2.05, 4.69) is 11.4 Å². The maximum absolute atomic E-state index is 13.5. The van der Waals surface area contributed by atoms with E-state index < -0.39 is 0 Å². The van der Waals surface area contributed by atoms with Crippen LogP contribution in [-0.2, 0) is 13.2 Å². The zero-order valence-electron chi connectivity index (χ0n) is 19.3. The summed E-state index contributed by atoms with van der Waals surface area (Å²) in [4.78, 5) is 16.4. The third-order valence-electron chi connectivity index (χ3n) is 6.63. The molecule has 1 saturated carbocycles. The summed E-state index contributed by atoms with van der Waals surface area (Å²) in [6, 6.07) is 18.6. The van der Waals surface area contributed by atoms with E-state index in [1.54, 1.807) is 7.11 Å². The Hall–Kier alpha value is -2.67. The number of carbonyl (C=O) groups is 1. The molecule has 5 nitrogen and oxygen atoms in total. The second-order valence-corrected chi connectivity index (χ2v) is 9.53. The van der Waals surface area contributed by atoms with Gasteiger partial charge in [0.15, 0.2) is 0 Å². The third kappa shape index (κ3) is 5.46. The largest absolute Gasteiger partial charge is 0.496 e. The van der Waals surface area contributed by atoms with Crippen molar-refractivity contribution in [3.63, 3.8) is 0 Å². The van der Waals surface area contributed by atoms with Gasteiger partial charge in [-0.3, -0.25) is 4.79 Å². The van der Waals surface area contributed by atoms with Crippen LogP contribution in [0, 0.1) is 0 Å². The molecule has 1 aromatic heterocycles. The Morgan fingerprint density at radius 1 is 1.09 bits per heavy atom. The van der Waals surface area contributed by atoms with Crippen molar-refractivity contribution in [1.82, 2.24) is 10.2 Å². The van der Waals surface area contributed by atoms with Gasteiger partial charge in [-0.2, -0.15) is 0 Å². The second-order valence-electron chi connectivity index (χ2n) is 8.59. The van der Waals surface area contributed by atoms with Gasteiger partial charge >= 0.3 is 0 Å². The van der Waals surface area contributed by atoms with Crippen LogP contribution in [-0.4, -0.2) is 42.2 Å². The minimum absolute atomic E-state index is 0.0315. The van der Waals surface area contributed by atoms with E-state index in [1.807, 2.05) is 65.9 Å². The number of thiophene rings is 1. The normalized spacial score (nSPS) is 18.2. The molecule has 1 heterocycles. The number of hydrogen-bond acceptors (Lipinski definition) is 5. The number of aliphatic hydroxyl groups excluding tert-OH is 1. The van der Waals surface area contributed by atoms with Gasteiger partial charge in [-0.1, -0.05) is 36.4 Å². The number of aliphatic hydroxyl groups is 1. The molecule has 0 radical (unpaired) electrons. The highest BCUT2D eigenvalue weighted by atomic mass is 32.1. The van der Waals surface area contributed by atoms with E-state index in [-0.39, 0.29) is 18.6 Å². The maximum Gasteiger partial charge on any atom is 0.264 e. The minimum Gasteiger partial charge on any atom is -0.496 e. The minimum atomic E-state index is 0.0315.